The Balaban J connectivity index is 1.24. The minimum Gasteiger partial charge on any atom is -0.489 e. The number of nitrogens with zero attached hydrogens (tertiary/aromatic N) is 4. The van der Waals surface area contributed by atoms with E-state index in [9.17, 15) is 14.4 Å². The summed E-state index contributed by atoms with van der Waals surface area (Å²) in [5.41, 5.74) is 2.39. The molecule has 1 unspecified atom stereocenters. The number of ether oxygens (including phenoxy) is 1. The van der Waals surface area contributed by atoms with Gasteiger partial charge in [-0.15, -0.1) is 5.10 Å². The van der Waals surface area contributed by atoms with Crippen LogP contribution in [0.25, 0.3) is 6.08 Å². The van der Waals surface area contributed by atoms with Crippen molar-refractivity contribution in [3.05, 3.63) is 77.9 Å². The zero-order valence-electron chi connectivity index (χ0n) is 20.0. The number of aromatic nitrogens is 3. The highest BCUT2D eigenvalue weighted by Crippen LogP contribution is 2.33. The van der Waals surface area contributed by atoms with Crippen LogP contribution in [-0.2, 0) is 16.1 Å². The number of likely N-dealkylation sites (N-methyl/N-ethyl adjacent to an activating group) is 1. The smallest absolute Gasteiger partial charge is 0.291 e. The van der Waals surface area contributed by atoms with Crippen LogP contribution in [0.4, 0.5) is 5.69 Å². The van der Waals surface area contributed by atoms with E-state index in [0.717, 1.165) is 24.0 Å². The molecule has 0 spiro atoms. The second-order valence-corrected chi connectivity index (χ2v) is 9.16. The summed E-state index contributed by atoms with van der Waals surface area (Å²) in [7, 11) is 1.63. The number of carbonyl (C=O) groups is 3. The molecule has 2 heterocycles. The molecule has 1 fully saturated rings. The number of nitrogens with one attached hydrogen (secondary N) is 1. The van der Waals surface area contributed by atoms with Crippen molar-refractivity contribution < 1.29 is 19.1 Å². The molecule has 1 atom stereocenters. The van der Waals surface area contributed by atoms with E-state index in [-0.39, 0.29) is 24.1 Å². The van der Waals surface area contributed by atoms with Gasteiger partial charge in [-0.05, 0) is 48.1 Å². The highest BCUT2D eigenvalue weighted by atomic mass is 16.5. The molecular formula is C27H27N5O4. The summed E-state index contributed by atoms with van der Waals surface area (Å²) < 4.78 is 7.42. The van der Waals surface area contributed by atoms with Crippen LogP contribution in [-0.4, -0.2) is 52.1 Å². The number of allylic oxidation sites excluding steroid dienone is 1. The highest BCUT2D eigenvalue weighted by molar-refractivity contribution is 6.02. The predicted molar refractivity (Wildman–Crippen MR) is 134 cm³/mol. The number of amides is 2. The van der Waals surface area contributed by atoms with Crippen LogP contribution < -0.4 is 15.0 Å². The molecule has 184 valence electrons. The topological polar surface area (TPSA) is 106 Å². The van der Waals surface area contributed by atoms with E-state index in [1.807, 2.05) is 36.4 Å². The van der Waals surface area contributed by atoms with Gasteiger partial charge in [-0.2, -0.15) is 0 Å². The van der Waals surface area contributed by atoms with Crippen molar-refractivity contribution in [3.63, 3.8) is 0 Å². The quantitative estimate of drug-likeness (QED) is 0.492. The third-order valence-corrected chi connectivity index (χ3v) is 6.26. The van der Waals surface area contributed by atoms with Crippen LogP contribution in [0.1, 0.15) is 41.0 Å². The molecule has 1 saturated carbocycles. The summed E-state index contributed by atoms with van der Waals surface area (Å²) in [6.45, 7) is 0.454. The summed E-state index contributed by atoms with van der Waals surface area (Å²) in [5, 5.41) is 6.93. The van der Waals surface area contributed by atoms with Crippen LogP contribution >= 0.6 is 0 Å². The van der Waals surface area contributed by atoms with Gasteiger partial charge in [0.05, 0.1) is 12.2 Å². The van der Waals surface area contributed by atoms with Gasteiger partial charge in [-0.1, -0.05) is 42.5 Å². The zero-order valence-corrected chi connectivity index (χ0v) is 20.0. The molecule has 1 aliphatic carbocycles. The van der Waals surface area contributed by atoms with Crippen molar-refractivity contribution in [1.29, 1.82) is 0 Å². The Hall–Kier alpha value is -4.27. The van der Waals surface area contributed by atoms with Crippen LogP contribution in [0.5, 0.6) is 5.75 Å². The monoisotopic (exact) mass is 485 g/mol. The normalized spacial score (nSPS) is 17.4. The molecule has 1 N–H and O–H groups in total. The van der Waals surface area contributed by atoms with Crippen LogP contribution in [0.3, 0.4) is 0 Å². The molecular weight excluding hydrogens is 458 g/mol. The minimum absolute atomic E-state index is 0.0218. The molecule has 9 heteroatoms. The van der Waals surface area contributed by atoms with Gasteiger partial charge in [0.1, 0.15) is 24.7 Å². The minimum atomic E-state index is -0.907. The van der Waals surface area contributed by atoms with Crippen molar-refractivity contribution in [2.24, 2.45) is 5.92 Å². The third kappa shape index (κ3) is 5.51. The summed E-state index contributed by atoms with van der Waals surface area (Å²) in [6.07, 6.45) is 7.68. The first kappa shape index (κ1) is 23.5. The van der Waals surface area contributed by atoms with Crippen molar-refractivity contribution in [1.82, 2.24) is 20.1 Å². The first-order valence-electron chi connectivity index (χ1n) is 12.0. The fourth-order valence-electron chi connectivity index (χ4n) is 4.05. The van der Waals surface area contributed by atoms with Gasteiger partial charge in [0.15, 0.2) is 5.78 Å². The molecule has 5 rings (SSSR count). The SMILES string of the molecule is CN1C(=O)C(NC(=O)c2ncn(Cc3ccccc3)n2)COc2ccc(/C=C/C(=O)CC3CC3)cc21. The Morgan fingerprint density at radius 3 is 2.75 bits per heavy atom. The maximum Gasteiger partial charge on any atom is 0.291 e. The molecule has 0 bridgehead atoms. The van der Waals surface area contributed by atoms with Crippen molar-refractivity contribution in [2.75, 3.05) is 18.6 Å². The summed E-state index contributed by atoms with van der Waals surface area (Å²) in [6, 6.07) is 14.2. The van der Waals surface area contributed by atoms with Crippen molar-refractivity contribution in [2.45, 2.75) is 31.8 Å². The van der Waals surface area contributed by atoms with Gasteiger partial charge in [-0.3, -0.25) is 14.4 Å². The average Bonchev–Trinajstić information content (AvgIpc) is 3.60. The van der Waals surface area contributed by atoms with E-state index in [1.54, 1.807) is 36.0 Å². The molecule has 0 saturated heterocycles. The fourth-order valence-corrected chi connectivity index (χ4v) is 4.05. The molecule has 2 aromatic carbocycles. The molecule has 36 heavy (non-hydrogen) atoms. The highest BCUT2D eigenvalue weighted by Gasteiger charge is 2.31. The van der Waals surface area contributed by atoms with E-state index in [0.29, 0.717) is 30.3 Å². The second-order valence-electron chi connectivity index (χ2n) is 9.16. The summed E-state index contributed by atoms with van der Waals surface area (Å²) in [4.78, 5) is 43.5. The Morgan fingerprint density at radius 1 is 1.17 bits per heavy atom. The number of anilines is 1. The van der Waals surface area contributed by atoms with E-state index in [1.165, 1.54) is 11.2 Å². The Kier molecular flexibility index (Phi) is 6.62. The fraction of sp³-hybridized carbons (Fsp3) is 0.296. The third-order valence-electron chi connectivity index (χ3n) is 6.26. The maximum atomic E-state index is 13.1. The standard InChI is InChI=1S/C27H27N5O4/c1-31-23-14-19(9-11-21(33)13-18-7-8-18)10-12-24(23)36-16-22(27(31)35)29-26(34)25-28-17-32(30-25)15-20-5-3-2-4-6-20/h2-6,9-12,14,17-18,22H,7-8,13,15-16H2,1H3,(H,29,34)/b11-9+. The lowest BCUT2D eigenvalue weighted by molar-refractivity contribution is -0.120. The van der Waals surface area contributed by atoms with Crippen molar-refractivity contribution in [3.8, 4) is 5.75 Å². The van der Waals surface area contributed by atoms with Crippen LogP contribution in [0, 0.1) is 5.92 Å². The second kappa shape index (κ2) is 10.2. The molecule has 2 amide bonds. The molecule has 2 aliphatic rings. The molecule has 0 radical (unpaired) electrons. The van der Waals surface area contributed by atoms with Gasteiger partial charge in [-0.25, -0.2) is 9.67 Å². The lowest BCUT2D eigenvalue weighted by atomic mass is 10.1. The van der Waals surface area contributed by atoms with E-state index in [2.05, 4.69) is 15.4 Å². The number of fused-ring (bicyclic) bond motifs is 1. The number of hydrogen-bond donors (Lipinski definition) is 1. The molecule has 9 nitrogen and oxygen atoms in total. The number of hydrogen-bond acceptors (Lipinski definition) is 6. The lowest BCUT2D eigenvalue weighted by Crippen LogP contribution is -2.49. The van der Waals surface area contributed by atoms with Gasteiger partial charge in [0, 0.05) is 13.5 Å². The Morgan fingerprint density at radius 2 is 1.97 bits per heavy atom. The lowest BCUT2D eigenvalue weighted by Gasteiger charge is -2.20. The van der Waals surface area contributed by atoms with Gasteiger partial charge in [0.25, 0.3) is 11.8 Å². The zero-order chi connectivity index (χ0) is 25.1. The van der Waals surface area contributed by atoms with Gasteiger partial charge in [0.2, 0.25) is 5.82 Å². The van der Waals surface area contributed by atoms with E-state index in [4.69, 9.17) is 4.74 Å². The van der Waals surface area contributed by atoms with Crippen LogP contribution in [0.15, 0.2) is 60.9 Å². The van der Waals surface area contributed by atoms with Gasteiger partial charge < -0.3 is 15.0 Å². The average molecular weight is 486 g/mol. The van der Waals surface area contributed by atoms with E-state index < -0.39 is 11.9 Å². The van der Waals surface area contributed by atoms with Crippen molar-refractivity contribution >= 4 is 29.4 Å². The first-order chi connectivity index (χ1) is 17.5. The Bertz CT molecular complexity index is 1310. The molecule has 1 aromatic heterocycles. The largest absolute Gasteiger partial charge is 0.489 e. The Labute approximate surface area is 208 Å². The number of ketones is 1. The first-order valence-corrected chi connectivity index (χ1v) is 12.0. The summed E-state index contributed by atoms with van der Waals surface area (Å²) >= 11 is 0. The van der Waals surface area contributed by atoms with Crippen LogP contribution in [0.2, 0.25) is 0 Å². The number of carbonyl (C=O) groups excluding carboxylic acids is 3. The molecule has 1 aliphatic heterocycles. The number of rotatable bonds is 8. The van der Waals surface area contributed by atoms with Gasteiger partial charge >= 0.3 is 0 Å². The summed E-state index contributed by atoms with van der Waals surface area (Å²) in [5.74, 6) is 0.264. The predicted octanol–water partition coefficient (Wildman–Crippen LogP) is 2.86. The van der Waals surface area contributed by atoms with E-state index >= 15 is 0 Å². The maximum absolute atomic E-state index is 13.1. The number of benzene rings is 2. The molecule has 3 aromatic rings.